The van der Waals surface area contributed by atoms with Crippen LogP contribution in [0.15, 0.2) is 0 Å². The van der Waals surface area contributed by atoms with Crippen LogP contribution >= 0.6 is 0 Å². The first kappa shape index (κ1) is 12.4. The Bertz CT molecular complexity index is 187. The quantitative estimate of drug-likeness (QED) is 0.722. The van der Waals surface area contributed by atoms with Crippen LogP contribution in [0.2, 0.25) is 0 Å². The summed E-state index contributed by atoms with van der Waals surface area (Å²) in [6.07, 6.45) is 11.3. The molecule has 1 unspecified atom stereocenters. The Labute approximate surface area is 101 Å². The molecule has 1 atom stereocenters. The fraction of sp³-hybridized carbons (Fsp3) is 1.00. The standard InChI is InChI=1S/C14H28N2/c1-13-7-5-11-16(13)12-6-10-15-14-8-3-2-4-9-14/h13-15H,2-12H2,1H3. The van der Waals surface area contributed by atoms with Gasteiger partial charge in [0.1, 0.15) is 0 Å². The van der Waals surface area contributed by atoms with Gasteiger partial charge in [0.25, 0.3) is 0 Å². The lowest BCUT2D eigenvalue weighted by Gasteiger charge is -2.24. The molecule has 1 aliphatic heterocycles. The number of rotatable bonds is 5. The summed E-state index contributed by atoms with van der Waals surface area (Å²) in [4.78, 5) is 2.66. The van der Waals surface area contributed by atoms with Gasteiger partial charge in [-0.1, -0.05) is 19.3 Å². The molecular formula is C14H28N2. The van der Waals surface area contributed by atoms with Crippen molar-refractivity contribution < 1.29 is 0 Å². The van der Waals surface area contributed by atoms with E-state index in [0.717, 1.165) is 12.1 Å². The Kier molecular flexibility index (Phi) is 5.11. The minimum absolute atomic E-state index is 0.838. The summed E-state index contributed by atoms with van der Waals surface area (Å²) in [6.45, 7) is 6.25. The van der Waals surface area contributed by atoms with Gasteiger partial charge in [-0.2, -0.15) is 0 Å². The van der Waals surface area contributed by atoms with Gasteiger partial charge in [-0.3, -0.25) is 0 Å². The van der Waals surface area contributed by atoms with E-state index in [9.17, 15) is 0 Å². The number of likely N-dealkylation sites (tertiary alicyclic amines) is 1. The smallest absolute Gasteiger partial charge is 0.00674 e. The topological polar surface area (TPSA) is 15.3 Å². The summed E-state index contributed by atoms with van der Waals surface area (Å²) in [6, 6.07) is 1.68. The predicted octanol–water partition coefficient (Wildman–Crippen LogP) is 2.78. The Morgan fingerprint density at radius 3 is 2.56 bits per heavy atom. The highest BCUT2D eigenvalue weighted by Crippen LogP contribution is 2.18. The highest BCUT2D eigenvalue weighted by atomic mass is 15.2. The normalized spacial score (nSPS) is 28.7. The van der Waals surface area contributed by atoms with Gasteiger partial charge in [0.05, 0.1) is 0 Å². The summed E-state index contributed by atoms with van der Waals surface area (Å²) in [5.74, 6) is 0. The minimum Gasteiger partial charge on any atom is -0.314 e. The minimum atomic E-state index is 0.838. The van der Waals surface area contributed by atoms with Gasteiger partial charge in [-0.25, -0.2) is 0 Å². The van der Waals surface area contributed by atoms with Crippen molar-refractivity contribution in [1.82, 2.24) is 10.2 Å². The first-order chi connectivity index (χ1) is 7.86. The molecule has 2 nitrogen and oxygen atoms in total. The lowest BCUT2D eigenvalue weighted by atomic mass is 9.95. The molecule has 0 radical (unpaired) electrons. The molecule has 2 rings (SSSR count). The highest BCUT2D eigenvalue weighted by Gasteiger charge is 2.19. The van der Waals surface area contributed by atoms with Crippen LogP contribution in [-0.4, -0.2) is 36.6 Å². The molecule has 1 N–H and O–H groups in total. The van der Waals surface area contributed by atoms with E-state index >= 15 is 0 Å². The predicted molar refractivity (Wildman–Crippen MR) is 69.8 cm³/mol. The van der Waals surface area contributed by atoms with Crippen LogP contribution in [0.4, 0.5) is 0 Å². The number of nitrogens with zero attached hydrogens (tertiary/aromatic N) is 1. The zero-order valence-corrected chi connectivity index (χ0v) is 10.9. The Morgan fingerprint density at radius 2 is 1.88 bits per heavy atom. The molecule has 1 heterocycles. The molecule has 0 aromatic heterocycles. The van der Waals surface area contributed by atoms with Crippen molar-refractivity contribution in [2.75, 3.05) is 19.6 Å². The number of hydrogen-bond donors (Lipinski definition) is 1. The van der Waals surface area contributed by atoms with Crippen LogP contribution in [0.25, 0.3) is 0 Å². The van der Waals surface area contributed by atoms with Gasteiger partial charge in [-0.05, 0) is 58.7 Å². The lowest BCUT2D eigenvalue weighted by molar-refractivity contribution is 0.260. The zero-order valence-electron chi connectivity index (χ0n) is 10.9. The third kappa shape index (κ3) is 3.74. The monoisotopic (exact) mass is 224 g/mol. The van der Waals surface area contributed by atoms with E-state index in [1.54, 1.807) is 0 Å². The van der Waals surface area contributed by atoms with Crippen molar-refractivity contribution in [3.8, 4) is 0 Å². The summed E-state index contributed by atoms with van der Waals surface area (Å²) in [7, 11) is 0. The molecule has 0 spiro atoms. The number of hydrogen-bond acceptors (Lipinski definition) is 2. The highest BCUT2D eigenvalue weighted by molar-refractivity contribution is 4.76. The van der Waals surface area contributed by atoms with Gasteiger partial charge in [-0.15, -0.1) is 0 Å². The third-order valence-electron chi connectivity index (χ3n) is 4.35. The molecule has 2 aliphatic rings. The molecule has 1 saturated carbocycles. The SMILES string of the molecule is CC1CCCN1CCCNC1CCCCC1. The largest absolute Gasteiger partial charge is 0.314 e. The second kappa shape index (κ2) is 6.61. The molecule has 94 valence electrons. The Morgan fingerprint density at radius 1 is 1.06 bits per heavy atom. The van der Waals surface area contributed by atoms with Crippen molar-refractivity contribution in [3.05, 3.63) is 0 Å². The molecule has 0 bridgehead atoms. The van der Waals surface area contributed by atoms with Gasteiger partial charge >= 0.3 is 0 Å². The van der Waals surface area contributed by atoms with Crippen molar-refractivity contribution in [2.24, 2.45) is 0 Å². The lowest BCUT2D eigenvalue weighted by Crippen LogP contribution is -2.34. The molecule has 0 aromatic rings. The molecule has 2 heteroatoms. The number of nitrogens with one attached hydrogen (secondary N) is 1. The van der Waals surface area contributed by atoms with E-state index in [0.29, 0.717) is 0 Å². The molecule has 1 saturated heterocycles. The average Bonchev–Trinajstić information content (AvgIpc) is 2.72. The van der Waals surface area contributed by atoms with Crippen LogP contribution < -0.4 is 5.32 Å². The average molecular weight is 224 g/mol. The van der Waals surface area contributed by atoms with Crippen LogP contribution in [0.5, 0.6) is 0 Å². The molecular weight excluding hydrogens is 196 g/mol. The molecule has 2 fully saturated rings. The molecule has 0 aromatic carbocycles. The van der Waals surface area contributed by atoms with E-state index in [2.05, 4.69) is 17.1 Å². The summed E-state index contributed by atoms with van der Waals surface area (Å²) < 4.78 is 0. The van der Waals surface area contributed by atoms with Crippen LogP contribution in [0.3, 0.4) is 0 Å². The van der Waals surface area contributed by atoms with E-state index in [1.165, 1.54) is 71.0 Å². The van der Waals surface area contributed by atoms with Crippen molar-refractivity contribution >= 4 is 0 Å². The fourth-order valence-electron chi connectivity index (χ4n) is 3.22. The van der Waals surface area contributed by atoms with E-state index in [4.69, 9.17) is 0 Å². The van der Waals surface area contributed by atoms with E-state index < -0.39 is 0 Å². The van der Waals surface area contributed by atoms with Crippen LogP contribution in [0, 0.1) is 0 Å². The Hall–Kier alpha value is -0.0800. The van der Waals surface area contributed by atoms with Gasteiger partial charge < -0.3 is 10.2 Å². The van der Waals surface area contributed by atoms with E-state index in [1.807, 2.05) is 0 Å². The maximum absolute atomic E-state index is 3.73. The summed E-state index contributed by atoms with van der Waals surface area (Å²) in [5, 5.41) is 3.73. The maximum Gasteiger partial charge on any atom is 0.00674 e. The van der Waals surface area contributed by atoms with Gasteiger partial charge in [0.2, 0.25) is 0 Å². The van der Waals surface area contributed by atoms with Gasteiger partial charge in [0, 0.05) is 12.1 Å². The van der Waals surface area contributed by atoms with Crippen molar-refractivity contribution in [2.45, 2.75) is 70.4 Å². The second-order valence-corrected chi connectivity index (χ2v) is 5.67. The van der Waals surface area contributed by atoms with Crippen LogP contribution in [-0.2, 0) is 0 Å². The summed E-state index contributed by atoms with van der Waals surface area (Å²) >= 11 is 0. The molecule has 16 heavy (non-hydrogen) atoms. The molecule has 0 amide bonds. The first-order valence-corrected chi connectivity index (χ1v) is 7.33. The fourth-order valence-corrected chi connectivity index (χ4v) is 3.22. The Balaban J connectivity index is 1.51. The maximum atomic E-state index is 3.73. The molecule has 1 aliphatic carbocycles. The second-order valence-electron chi connectivity index (χ2n) is 5.67. The van der Waals surface area contributed by atoms with Crippen LogP contribution in [0.1, 0.15) is 58.3 Å². The van der Waals surface area contributed by atoms with E-state index in [-0.39, 0.29) is 0 Å². The summed E-state index contributed by atoms with van der Waals surface area (Å²) in [5.41, 5.74) is 0. The van der Waals surface area contributed by atoms with Crippen molar-refractivity contribution in [1.29, 1.82) is 0 Å². The van der Waals surface area contributed by atoms with Gasteiger partial charge in [0.15, 0.2) is 0 Å². The van der Waals surface area contributed by atoms with Crippen molar-refractivity contribution in [3.63, 3.8) is 0 Å². The zero-order chi connectivity index (χ0) is 11.2. The third-order valence-corrected chi connectivity index (χ3v) is 4.35. The first-order valence-electron chi connectivity index (χ1n) is 7.33.